The van der Waals surface area contributed by atoms with Crippen molar-refractivity contribution < 1.29 is 4.79 Å². The number of amides is 1. The van der Waals surface area contributed by atoms with Crippen molar-refractivity contribution in [3.8, 4) is 6.07 Å². The van der Waals surface area contributed by atoms with Gasteiger partial charge in [-0.2, -0.15) is 5.26 Å². The molecule has 0 saturated heterocycles. The number of nitrogen functional groups attached to an aromatic ring is 1. The summed E-state index contributed by atoms with van der Waals surface area (Å²) in [5.74, 6) is -0.119. The monoisotopic (exact) mass is 189 g/mol. The van der Waals surface area contributed by atoms with Crippen LogP contribution >= 0.6 is 0 Å². The van der Waals surface area contributed by atoms with Gasteiger partial charge in [0.25, 0.3) is 0 Å². The Bertz CT molecular complexity index is 393. The molecule has 0 heterocycles. The molecule has 1 amide bonds. The van der Waals surface area contributed by atoms with E-state index < -0.39 is 0 Å². The topological polar surface area (TPSA) is 78.9 Å². The number of nitrogens with one attached hydrogen (secondary N) is 1. The van der Waals surface area contributed by atoms with Gasteiger partial charge in [-0.15, -0.1) is 0 Å². The van der Waals surface area contributed by atoms with E-state index in [-0.39, 0.29) is 5.91 Å². The summed E-state index contributed by atoms with van der Waals surface area (Å²) in [7, 11) is 0. The molecule has 1 aromatic rings. The van der Waals surface area contributed by atoms with Crippen LogP contribution in [0.25, 0.3) is 0 Å². The number of carbonyl (C=O) groups is 1. The zero-order valence-corrected chi connectivity index (χ0v) is 7.87. The van der Waals surface area contributed by atoms with Gasteiger partial charge in [0.1, 0.15) is 6.07 Å². The lowest BCUT2D eigenvalue weighted by Gasteiger charge is -2.05. The third kappa shape index (κ3) is 2.23. The van der Waals surface area contributed by atoms with Crippen molar-refractivity contribution in [3.63, 3.8) is 0 Å². The van der Waals surface area contributed by atoms with E-state index in [9.17, 15) is 4.79 Å². The Kier molecular flexibility index (Phi) is 3.08. The van der Waals surface area contributed by atoms with Crippen LogP contribution in [0.1, 0.15) is 18.9 Å². The highest BCUT2D eigenvalue weighted by atomic mass is 16.1. The molecular formula is C10H11N3O. The van der Waals surface area contributed by atoms with Crippen molar-refractivity contribution in [2.24, 2.45) is 0 Å². The zero-order valence-electron chi connectivity index (χ0n) is 7.87. The van der Waals surface area contributed by atoms with Crippen LogP contribution in [0.3, 0.4) is 0 Å². The minimum Gasteiger partial charge on any atom is -0.399 e. The second-order valence-electron chi connectivity index (χ2n) is 2.82. The summed E-state index contributed by atoms with van der Waals surface area (Å²) in [6.45, 7) is 1.75. The number of anilines is 2. The molecule has 1 rings (SSSR count). The molecule has 0 spiro atoms. The smallest absolute Gasteiger partial charge is 0.224 e. The Hall–Kier alpha value is -2.02. The molecule has 0 bridgehead atoms. The first-order chi connectivity index (χ1) is 6.67. The van der Waals surface area contributed by atoms with Gasteiger partial charge >= 0.3 is 0 Å². The van der Waals surface area contributed by atoms with Crippen LogP contribution in [0.5, 0.6) is 0 Å². The Balaban J connectivity index is 2.98. The van der Waals surface area contributed by atoms with Crippen LogP contribution < -0.4 is 11.1 Å². The predicted octanol–water partition coefficient (Wildman–Crippen LogP) is 1.49. The second kappa shape index (κ2) is 4.28. The van der Waals surface area contributed by atoms with Crippen LogP contribution in [0.15, 0.2) is 18.2 Å². The lowest BCUT2D eigenvalue weighted by atomic mass is 10.1. The maximum atomic E-state index is 11.1. The largest absolute Gasteiger partial charge is 0.399 e. The Morgan fingerprint density at radius 2 is 2.36 bits per heavy atom. The number of benzene rings is 1. The second-order valence-corrected chi connectivity index (χ2v) is 2.82. The average molecular weight is 189 g/mol. The van der Waals surface area contributed by atoms with Gasteiger partial charge in [0.2, 0.25) is 5.91 Å². The molecule has 0 saturated carbocycles. The molecule has 0 radical (unpaired) electrons. The van der Waals surface area contributed by atoms with E-state index in [4.69, 9.17) is 11.0 Å². The fourth-order valence-electron chi connectivity index (χ4n) is 1.00. The third-order valence-electron chi connectivity index (χ3n) is 1.76. The summed E-state index contributed by atoms with van der Waals surface area (Å²) < 4.78 is 0. The molecule has 0 aliphatic rings. The summed E-state index contributed by atoms with van der Waals surface area (Å²) in [4.78, 5) is 11.1. The van der Waals surface area contributed by atoms with Gasteiger partial charge in [-0.3, -0.25) is 4.79 Å². The van der Waals surface area contributed by atoms with E-state index in [1.165, 1.54) is 6.07 Å². The zero-order chi connectivity index (χ0) is 10.6. The molecule has 0 atom stereocenters. The first-order valence-electron chi connectivity index (χ1n) is 4.27. The molecule has 0 fully saturated rings. The number of hydrogen-bond acceptors (Lipinski definition) is 3. The average Bonchev–Trinajstić information content (AvgIpc) is 2.20. The first-order valence-corrected chi connectivity index (χ1v) is 4.27. The minimum absolute atomic E-state index is 0.119. The highest BCUT2D eigenvalue weighted by Gasteiger charge is 2.04. The summed E-state index contributed by atoms with van der Waals surface area (Å²) in [5, 5.41) is 11.4. The van der Waals surface area contributed by atoms with E-state index >= 15 is 0 Å². The molecule has 0 aliphatic heterocycles. The van der Waals surface area contributed by atoms with Crippen molar-refractivity contribution in [2.75, 3.05) is 11.1 Å². The number of nitriles is 1. The number of nitrogens with two attached hydrogens (primary N) is 1. The number of rotatable bonds is 2. The molecule has 14 heavy (non-hydrogen) atoms. The molecule has 0 aromatic heterocycles. The molecule has 4 nitrogen and oxygen atoms in total. The Labute approximate surface area is 82.3 Å². The fourth-order valence-corrected chi connectivity index (χ4v) is 1.00. The summed E-state index contributed by atoms with van der Waals surface area (Å²) >= 11 is 0. The van der Waals surface area contributed by atoms with Crippen LogP contribution in [-0.2, 0) is 4.79 Å². The fraction of sp³-hybridized carbons (Fsp3) is 0.200. The number of hydrogen-bond donors (Lipinski definition) is 2. The quantitative estimate of drug-likeness (QED) is 0.692. The lowest BCUT2D eigenvalue weighted by molar-refractivity contribution is -0.115. The summed E-state index contributed by atoms with van der Waals surface area (Å²) in [5.41, 5.74) is 6.90. The molecule has 0 unspecified atom stereocenters. The SMILES string of the molecule is CCC(=O)Nc1ccc(N)cc1C#N. The van der Waals surface area contributed by atoms with Gasteiger partial charge in [0, 0.05) is 12.1 Å². The van der Waals surface area contributed by atoms with Gasteiger partial charge in [-0.1, -0.05) is 6.92 Å². The highest BCUT2D eigenvalue weighted by molar-refractivity contribution is 5.92. The summed E-state index contributed by atoms with van der Waals surface area (Å²) in [6, 6.07) is 6.78. The molecular weight excluding hydrogens is 178 g/mol. The van der Waals surface area contributed by atoms with Crippen molar-refractivity contribution in [1.82, 2.24) is 0 Å². The van der Waals surface area contributed by atoms with Gasteiger partial charge in [-0.25, -0.2) is 0 Å². The summed E-state index contributed by atoms with van der Waals surface area (Å²) in [6.07, 6.45) is 0.384. The van der Waals surface area contributed by atoms with Gasteiger partial charge < -0.3 is 11.1 Å². The van der Waals surface area contributed by atoms with Crippen molar-refractivity contribution >= 4 is 17.3 Å². The van der Waals surface area contributed by atoms with E-state index in [0.717, 1.165) is 0 Å². The van der Waals surface area contributed by atoms with Crippen LogP contribution in [0.2, 0.25) is 0 Å². The van der Waals surface area contributed by atoms with E-state index in [1.807, 2.05) is 6.07 Å². The van der Waals surface area contributed by atoms with Crippen LogP contribution in [0.4, 0.5) is 11.4 Å². The third-order valence-corrected chi connectivity index (χ3v) is 1.76. The maximum absolute atomic E-state index is 11.1. The standard InChI is InChI=1S/C10H11N3O/c1-2-10(14)13-9-4-3-8(12)5-7(9)6-11/h3-5H,2,12H2,1H3,(H,13,14). The van der Waals surface area contributed by atoms with E-state index in [2.05, 4.69) is 5.32 Å². The molecule has 0 aliphatic carbocycles. The normalized spacial score (nSPS) is 9.14. The minimum atomic E-state index is -0.119. The maximum Gasteiger partial charge on any atom is 0.224 e. The van der Waals surface area contributed by atoms with Gasteiger partial charge in [-0.05, 0) is 18.2 Å². The highest BCUT2D eigenvalue weighted by Crippen LogP contribution is 2.17. The molecule has 3 N–H and O–H groups in total. The number of nitrogens with zero attached hydrogens (tertiary/aromatic N) is 1. The van der Waals surface area contributed by atoms with Crippen molar-refractivity contribution in [1.29, 1.82) is 5.26 Å². The van der Waals surface area contributed by atoms with E-state index in [1.54, 1.807) is 19.1 Å². The molecule has 4 heteroatoms. The van der Waals surface area contributed by atoms with Gasteiger partial charge in [0.15, 0.2) is 0 Å². The van der Waals surface area contributed by atoms with Crippen molar-refractivity contribution in [2.45, 2.75) is 13.3 Å². The predicted molar refractivity (Wildman–Crippen MR) is 54.5 cm³/mol. The Morgan fingerprint density at radius 3 is 2.93 bits per heavy atom. The number of carbonyl (C=O) groups excluding carboxylic acids is 1. The van der Waals surface area contributed by atoms with E-state index in [0.29, 0.717) is 23.4 Å². The Morgan fingerprint density at radius 1 is 1.64 bits per heavy atom. The van der Waals surface area contributed by atoms with Gasteiger partial charge in [0.05, 0.1) is 11.3 Å². The van der Waals surface area contributed by atoms with Crippen molar-refractivity contribution in [3.05, 3.63) is 23.8 Å². The molecule has 72 valence electrons. The molecule has 1 aromatic carbocycles. The first kappa shape index (κ1) is 10.1. The van der Waals surface area contributed by atoms with Crippen LogP contribution in [-0.4, -0.2) is 5.91 Å². The van der Waals surface area contributed by atoms with Crippen LogP contribution in [0, 0.1) is 11.3 Å². The lowest BCUT2D eigenvalue weighted by Crippen LogP contribution is -2.10.